The Morgan fingerprint density at radius 1 is 1.29 bits per heavy atom. The second-order valence-corrected chi connectivity index (χ2v) is 5.39. The van der Waals surface area contributed by atoms with E-state index in [1.165, 1.54) is 0 Å². The van der Waals surface area contributed by atoms with Crippen molar-refractivity contribution in [2.75, 3.05) is 5.32 Å². The van der Waals surface area contributed by atoms with E-state index in [-0.39, 0.29) is 17.4 Å². The molecule has 1 amide bonds. The lowest BCUT2D eigenvalue weighted by molar-refractivity contribution is 0.100. The second kappa shape index (κ2) is 6.06. The van der Waals surface area contributed by atoms with Crippen molar-refractivity contribution < 1.29 is 9.90 Å². The van der Waals surface area contributed by atoms with Gasteiger partial charge in [-0.2, -0.15) is 0 Å². The molecule has 0 fully saturated rings. The number of rotatable bonds is 4. The van der Waals surface area contributed by atoms with Gasteiger partial charge in [-0.1, -0.05) is 23.7 Å². The lowest BCUT2D eigenvalue weighted by atomic mass is 10.0. The molecular weight excluding hydrogens is 288 g/mol. The molecule has 0 spiro atoms. The number of aryl methyl sites for hydroxylation is 1. The maximum absolute atomic E-state index is 11.3. The number of primary amides is 1. The zero-order valence-electron chi connectivity index (χ0n) is 11.9. The minimum atomic E-state index is -0.575. The van der Waals surface area contributed by atoms with Gasteiger partial charge in [-0.3, -0.25) is 4.79 Å². The molecule has 0 aliphatic carbocycles. The summed E-state index contributed by atoms with van der Waals surface area (Å²) in [4.78, 5) is 11.3. The van der Waals surface area contributed by atoms with Crippen molar-refractivity contribution >= 4 is 23.2 Å². The normalized spacial score (nSPS) is 12.0. The van der Waals surface area contributed by atoms with Crippen LogP contribution in [0.3, 0.4) is 0 Å². The van der Waals surface area contributed by atoms with Crippen LogP contribution in [0.15, 0.2) is 36.4 Å². The number of hydrogen-bond acceptors (Lipinski definition) is 3. The van der Waals surface area contributed by atoms with Crippen LogP contribution in [0.5, 0.6) is 5.75 Å². The molecule has 4 nitrogen and oxygen atoms in total. The highest BCUT2D eigenvalue weighted by Gasteiger charge is 2.12. The Balaban J connectivity index is 2.25. The molecule has 0 saturated heterocycles. The molecule has 110 valence electrons. The summed E-state index contributed by atoms with van der Waals surface area (Å²) < 4.78 is 0. The van der Waals surface area contributed by atoms with Crippen molar-refractivity contribution in [1.29, 1.82) is 0 Å². The van der Waals surface area contributed by atoms with Crippen LogP contribution in [0.2, 0.25) is 5.02 Å². The SMILES string of the molecule is Cc1ccc(C(C)Nc2ccc(Cl)c(C(N)=O)c2)c(O)c1. The summed E-state index contributed by atoms with van der Waals surface area (Å²) in [5, 5.41) is 13.5. The maximum Gasteiger partial charge on any atom is 0.250 e. The van der Waals surface area contributed by atoms with E-state index in [1.807, 2.05) is 26.0 Å². The summed E-state index contributed by atoms with van der Waals surface area (Å²) in [6.07, 6.45) is 0. The van der Waals surface area contributed by atoms with Crippen LogP contribution in [0.4, 0.5) is 5.69 Å². The average molecular weight is 305 g/mol. The fourth-order valence-electron chi connectivity index (χ4n) is 2.15. The van der Waals surface area contributed by atoms with E-state index in [0.29, 0.717) is 10.7 Å². The van der Waals surface area contributed by atoms with Crippen LogP contribution in [-0.2, 0) is 0 Å². The van der Waals surface area contributed by atoms with Crippen LogP contribution in [0.1, 0.15) is 34.5 Å². The Hall–Kier alpha value is -2.20. The molecule has 4 N–H and O–H groups in total. The van der Waals surface area contributed by atoms with Gasteiger partial charge in [-0.15, -0.1) is 0 Å². The van der Waals surface area contributed by atoms with Crippen LogP contribution < -0.4 is 11.1 Å². The van der Waals surface area contributed by atoms with Crippen LogP contribution in [0.25, 0.3) is 0 Å². The van der Waals surface area contributed by atoms with Gasteiger partial charge in [0.15, 0.2) is 0 Å². The molecule has 2 aromatic rings. The first-order valence-corrected chi connectivity index (χ1v) is 6.91. The zero-order valence-corrected chi connectivity index (χ0v) is 12.6. The molecule has 0 bridgehead atoms. The van der Waals surface area contributed by atoms with Gasteiger partial charge in [0, 0.05) is 11.3 Å². The van der Waals surface area contributed by atoms with Gasteiger partial charge in [0.25, 0.3) is 0 Å². The number of carbonyl (C=O) groups is 1. The van der Waals surface area contributed by atoms with Crippen LogP contribution in [-0.4, -0.2) is 11.0 Å². The summed E-state index contributed by atoms with van der Waals surface area (Å²) in [5.41, 5.74) is 8.02. The van der Waals surface area contributed by atoms with Crippen molar-refractivity contribution in [3.05, 3.63) is 58.1 Å². The molecule has 21 heavy (non-hydrogen) atoms. The first-order valence-electron chi connectivity index (χ1n) is 6.54. The molecule has 2 aromatic carbocycles. The molecule has 0 heterocycles. The first-order chi connectivity index (χ1) is 9.88. The summed E-state index contributed by atoms with van der Waals surface area (Å²) in [6.45, 7) is 3.84. The smallest absolute Gasteiger partial charge is 0.250 e. The van der Waals surface area contributed by atoms with E-state index in [2.05, 4.69) is 5.32 Å². The summed E-state index contributed by atoms with van der Waals surface area (Å²) in [6, 6.07) is 10.4. The standard InChI is InChI=1S/C16H17ClN2O2/c1-9-3-5-12(15(20)7-9)10(2)19-11-4-6-14(17)13(8-11)16(18)21/h3-8,10,19-20H,1-2H3,(H2,18,21). The molecule has 0 aliphatic heterocycles. The highest BCUT2D eigenvalue weighted by Crippen LogP contribution is 2.29. The van der Waals surface area contributed by atoms with E-state index in [1.54, 1.807) is 24.3 Å². The molecular formula is C16H17ClN2O2. The lowest BCUT2D eigenvalue weighted by Gasteiger charge is -2.18. The number of aromatic hydroxyl groups is 1. The van der Waals surface area contributed by atoms with E-state index in [4.69, 9.17) is 17.3 Å². The Morgan fingerprint density at radius 3 is 2.62 bits per heavy atom. The third-order valence-corrected chi connectivity index (χ3v) is 3.60. The number of phenols is 1. The van der Waals surface area contributed by atoms with E-state index in [0.717, 1.165) is 11.1 Å². The minimum absolute atomic E-state index is 0.132. The van der Waals surface area contributed by atoms with Gasteiger partial charge in [0.1, 0.15) is 5.75 Å². The Morgan fingerprint density at radius 2 is 2.00 bits per heavy atom. The second-order valence-electron chi connectivity index (χ2n) is 4.99. The van der Waals surface area contributed by atoms with E-state index >= 15 is 0 Å². The molecule has 0 saturated carbocycles. The van der Waals surface area contributed by atoms with Gasteiger partial charge in [-0.25, -0.2) is 0 Å². The van der Waals surface area contributed by atoms with Crippen LogP contribution in [0, 0.1) is 6.92 Å². The predicted molar refractivity (Wildman–Crippen MR) is 84.9 cm³/mol. The Bertz CT molecular complexity index is 686. The van der Waals surface area contributed by atoms with Crippen molar-refractivity contribution in [2.45, 2.75) is 19.9 Å². The predicted octanol–water partition coefficient (Wildman–Crippen LogP) is 3.63. The number of nitrogens with two attached hydrogens (primary N) is 1. The molecule has 0 aliphatic rings. The number of hydrogen-bond donors (Lipinski definition) is 3. The molecule has 1 atom stereocenters. The van der Waals surface area contributed by atoms with Gasteiger partial charge in [-0.05, 0) is 43.7 Å². The van der Waals surface area contributed by atoms with Gasteiger partial charge in [0.2, 0.25) is 5.91 Å². The number of anilines is 1. The van der Waals surface area contributed by atoms with Crippen molar-refractivity contribution in [3.63, 3.8) is 0 Å². The fraction of sp³-hybridized carbons (Fsp3) is 0.188. The number of nitrogens with one attached hydrogen (secondary N) is 1. The summed E-state index contributed by atoms with van der Waals surface area (Å²) in [5.74, 6) is -0.339. The lowest BCUT2D eigenvalue weighted by Crippen LogP contribution is -2.13. The third-order valence-electron chi connectivity index (χ3n) is 3.27. The van der Waals surface area contributed by atoms with E-state index < -0.39 is 5.91 Å². The topological polar surface area (TPSA) is 75.3 Å². The Kier molecular flexibility index (Phi) is 4.38. The number of benzene rings is 2. The molecule has 0 radical (unpaired) electrons. The van der Waals surface area contributed by atoms with Gasteiger partial charge in [0.05, 0.1) is 16.6 Å². The molecule has 2 rings (SSSR count). The number of amides is 1. The van der Waals surface area contributed by atoms with Gasteiger partial charge < -0.3 is 16.2 Å². The van der Waals surface area contributed by atoms with Crippen molar-refractivity contribution in [1.82, 2.24) is 0 Å². The highest BCUT2D eigenvalue weighted by atomic mass is 35.5. The van der Waals surface area contributed by atoms with Crippen molar-refractivity contribution in [2.24, 2.45) is 5.73 Å². The monoisotopic (exact) mass is 304 g/mol. The molecule has 0 aromatic heterocycles. The fourth-order valence-corrected chi connectivity index (χ4v) is 2.36. The number of halogens is 1. The summed E-state index contributed by atoms with van der Waals surface area (Å²) in [7, 11) is 0. The third kappa shape index (κ3) is 3.47. The molecule has 5 heteroatoms. The van der Waals surface area contributed by atoms with Gasteiger partial charge >= 0.3 is 0 Å². The largest absolute Gasteiger partial charge is 0.508 e. The minimum Gasteiger partial charge on any atom is -0.508 e. The summed E-state index contributed by atoms with van der Waals surface area (Å²) >= 11 is 5.92. The maximum atomic E-state index is 11.3. The zero-order chi connectivity index (χ0) is 15.6. The quantitative estimate of drug-likeness (QED) is 0.807. The highest BCUT2D eigenvalue weighted by molar-refractivity contribution is 6.33. The Labute approximate surface area is 128 Å². The van der Waals surface area contributed by atoms with E-state index in [9.17, 15) is 9.90 Å². The average Bonchev–Trinajstić information content (AvgIpc) is 2.40. The number of carbonyl (C=O) groups excluding carboxylic acids is 1. The molecule has 1 unspecified atom stereocenters. The van der Waals surface area contributed by atoms with Crippen molar-refractivity contribution in [3.8, 4) is 5.75 Å². The first kappa shape index (κ1) is 15.2. The van der Waals surface area contributed by atoms with Crippen LogP contribution >= 0.6 is 11.6 Å². The number of phenolic OH excluding ortho intramolecular Hbond substituents is 1.